The summed E-state index contributed by atoms with van der Waals surface area (Å²) in [6.45, 7) is 2.03. The second-order valence-electron chi connectivity index (χ2n) is 7.24. The number of hydrogen-bond donors (Lipinski definition) is 2. The Morgan fingerprint density at radius 3 is 2.24 bits per heavy atom. The summed E-state index contributed by atoms with van der Waals surface area (Å²) < 4.78 is 5.04. The predicted molar refractivity (Wildman–Crippen MR) is 95.8 cm³/mol. The van der Waals surface area contributed by atoms with Crippen molar-refractivity contribution in [2.75, 3.05) is 13.7 Å². The minimum absolute atomic E-state index is 0.0403. The molecule has 2 aliphatic rings. The lowest BCUT2D eigenvalue weighted by Crippen LogP contribution is -2.53. The van der Waals surface area contributed by atoms with Crippen LogP contribution in [0, 0.1) is 11.8 Å². The van der Waals surface area contributed by atoms with Crippen LogP contribution < -0.4 is 10.6 Å². The third kappa shape index (κ3) is 4.03. The van der Waals surface area contributed by atoms with Crippen LogP contribution in [-0.4, -0.2) is 31.6 Å². The quantitative estimate of drug-likeness (QED) is 0.675. The number of ether oxygens (including phenoxy) is 1. The third-order valence-electron chi connectivity index (χ3n) is 5.47. The molecule has 3 rings (SSSR count). The molecule has 0 saturated heterocycles. The Balaban J connectivity index is 1.67. The van der Waals surface area contributed by atoms with Gasteiger partial charge in [-0.3, -0.25) is 10.1 Å². The van der Waals surface area contributed by atoms with Crippen LogP contribution in [0.4, 0.5) is 0 Å². The van der Waals surface area contributed by atoms with Crippen molar-refractivity contribution in [1.82, 2.24) is 10.6 Å². The molecule has 0 aromatic heterocycles. The first kappa shape index (κ1) is 17.9. The maximum absolute atomic E-state index is 12.5. The fraction of sp³-hybridized carbons (Fsp3) is 0.600. The molecule has 0 heterocycles. The summed E-state index contributed by atoms with van der Waals surface area (Å²) >= 11 is 0. The van der Waals surface area contributed by atoms with Gasteiger partial charge in [-0.15, -0.1) is 0 Å². The first-order chi connectivity index (χ1) is 12.1. The monoisotopic (exact) mass is 344 g/mol. The highest BCUT2D eigenvalue weighted by Gasteiger charge is 2.43. The summed E-state index contributed by atoms with van der Waals surface area (Å²) in [5.41, 5.74) is -0.180. The van der Waals surface area contributed by atoms with Crippen LogP contribution in [0.25, 0.3) is 0 Å². The molecule has 1 amide bonds. The van der Waals surface area contributed by atoms with E-state index in [1.807, 2.05) is 37.3 Å². The van der Waals surface area contributed by atoms with Crippen LogP contribution in [-0.2, 0) is 19.9 Å². The normalized spacial score (nSPS) is 19.3. The summed E-state index contributed by atoms with van der Waals surface area (Å²) in [6, 6.07) is 9.79. The minimum Gasteiger partial charge on any atom is -0.467 e. The van der Waals surface area contributed by atoms with E-state index < -0.39 is 5.54 Å². The van der Waals surface area contributed by atoms with Crippen molar-refractivity contribution in [1.29, 1.82) is 0 Å². The molecule has 136 valence electrons. The van der Waals surface area contributed by atoms with Crippen LogP contribution in [0.1, 0.15) is 44.6 Å². The largest absolute Gasteiger partial charge is 0.467 e. The molecule has 0 bridgehead atoms. The summed E-state index contributed by atoms with van der Waals surface area (Å²) in [7, 11) is 1.38. The van der Waals surface area contributed by atoms with Crippen molar-refractivity contribution < 1.29 is 14.3 Å². The first-order valence-electron chi connectivity index (χ1n) is 9.29. The van der Waals surface area contributed by atoms with Crippen molar-refractivity contribution in [3.05, 3.63) is 35.9 Å². The first-order valence-corrected chi connectivity index (χ1v) is 9.29. The summed E-state index contributed by atoms with van der Waals surface area (Å²) in [5.74, 6) is 0.903. The fourth-order valence-electron chi connectivity index (χ4n) is 3.66. The number of methoxy groups -OCH3 is 1. The van der Waals surface area contributed by atoms with Crippen molar-refractivity contribution in [3.8, 4) is 0 Å². The molecule has 2 saturated carbocycles. The Morgan fingerprint density at radius 1 is 1.16 bits per heavy atom. The molecular formula is C20H28N2O3. The summed E-state index contributed by atoms with van der Waals surface area (Å²) in [4.78, 5) is 25.0. The van der Waals surface area contributed by atoms with Gasteiger partial charge >= 0.3 is 5.97 Å². The molecule has 2 aliphatic carbocycles. The smallest absolute Gasteiger partial charge is 0.330 e. The van der Waals surface area contributed by atoms with E-state index >= 15 is 0 Å². The molecule has 2 N–H and O–H groups in total. The van der Waals surface area contributed by atoms with Gasteiger partial charge in [-0.25, -0.2) is 4.79 Å². The molecule has 5 heteroatoms. The van der Waals surface area contributed by atoms with Gasteiger partial charge in [0.15, 0.2) is 0 Å². The number of nitrogens with one attached hydrogen (secondary N) is 2. The second kappa shape index (κ2) is 7.56. The van der Waals surface area contributed by atoms with Gasteiger partial charge in [-0.05, 0) is 49.5 Å². The molecule has 1 aromatic rings. The SMILES string of the molecule is CCC(NCC(=O)NC(C1CC1)C1CC1)(C(=O)OC)c1ccccc1. The van der Waals surface area contributed by atoms with Gasteiger partial charge in [0.25, 0.3) is 0 Å². The Labute approximate surface area is 149 Å². The zero-order chi connectivity index (χ0) is 17.9. The van der Waals surface area contributed by atoms with E-state index in [9.17, 15) is 9.59 Å². The van der Waals surface area contributed by atoms with E-state index in [0.717, 1.165) is 5.56 Å². The van der Waals surface area contributed by atoms with Crippen molar-refractivity contribution in [2.24, 2.45) is 11.8 Å². The highest BCUT2D eigenvalue weighted by Crippen LogP contribution is 2.44. The molecule has 0 aliphatic heterocycles. The van der Waals surface area contributed by atoms with E-state index in [0.29, 0.717) is 24.3 Å². The zero-order valence-electron chi connectivity index (χ0n) is 15.1. The van der Waals surface area contributed by atoms with Crippen LogP contribution >= 0.6 is 0 Å². The number of benzene rings is 1. The number of hydrogen-bond acceptors (Lipinski definition) is 4. The van der Waals surface area contributed by atoms with Gasteiger partial charge in [0.05, 0.1) is 13.7 Å². The van der Waals surface area contributed by atoms with Gasteiger partial charge in [-0.1, -0.05) is 37.3 Å². The van der Waals surface area contributed by atoms with E-state index in [1.54, 1.807) is 0 Å². The van der Waals surface area contributed by atoms with Gasteiger partial charge in [0.2, 0.25) is 5.91 Å². The summed E-state index contributed by atoms with van der Waals surface area (Å²) in [6.07, 6.45) is 5.39. The number of carbonyl (C=O) groups is 2. The van der Waals surface area contributed by atoms with Gasteiger partial charge in [-0.2, -0.15) is 0 Å². The molecule has 1 unspecified atom stereocenters. The van der Waals surface area contributed by atoms with E-state index in [-0.39, 0.29) is 18.4 Å². The number of amides is 1. The van der Waals surface area contributed by atoms with Gasteiger partial charge in [0, 0.05) is 6.04 Å². The van der Waals surface area contributed by atoms with Crippen molar-refractivity contribution >= 4 is 11.9 Å². The van der Waals surface area contributed by atoms with E-state index in [2.05, 4.69) is 10.6 Å². The number of carbonyl (C=O) groups excluding carboxylic acids is 2. The molecule has 25 heavy (non-hydrogen) atoms. The maximum Gasteiger partial charge on any atom is 0.330 e. The average Bonchev–Trinajstić information content (AvgIpc) is 3.54. The van der Waals surface area contributed by atoms with E-state index in [1.165, 1.54) is 32.8 Å². The third-order valence-corrected chi connectivity index (χ3v) is 5.47. The van der Waals surface area contributed by atoms with Gasteiger partial charge < -0.3 is 10.1 Å². The van der Waals surface area contributed by atoms with E-state index in [4.69, 9.17) is 4.74 Å². The maximum atomic E-state index is 12.5. The lowest BCUT2D eigenvalue weighted by Gasteiger charge is -2.31. The fourth-order valence-corrected chi connectivity index (χ4v) is 3.66. The standard InChI is InChI=1S/C20H28N2O3/c1-3-20(19(24)25-2,16-7-5-4-6-8-16)21-13-17(23)22-18(14-9-10-14)15-11-12-15/h4-8,14-15,18,21H,3,9-13H2,1-2H3,(H,22,23). The molecular weight excluding hydrogens is 316 g/mol. The van der Waals surface area contributed by atoms with Gasteiger partial charge in [0.1, 0.15) is 5.54 Å². The molecule has 0 spiro atoms. The Kier molecular flexibility index (Phi) is 5.42. The van der Waals surface area contributed by atoms with Crippen LogP contribution in [0.15, 0.2) is 30.3 Å². The van der Waals surface area contributed by atoms with Crippen LogP contribution in [0.3, 0.4) is 0 Å². The van der Waals surface area contributed by atoms with Crippen LogP contribution in [0.5, 0.6) is 0 Å². The molecule has 1 aromatic carbocycles. The average molecular weight is 344 g/mol. The Hall–Kier alpha value is -1.88. The Bertz CT molecular complexity index is 599. The highest BCUT2D eigenvalue weighted by molar-refractivity contribution is 5.84. The zero-order valence-corrected chi connectivity index (χ0v) is 15.1. The minimum atomic E-state index is -0.998. The highest BCUT2D eigenvalue weighted by atomic mass is 16.5. The second-order valence-corrected chi connectivity index (χ2v) is 7.24. The molecule has 0 radical (unpaired) electrons. The molecule has 2 fully saturated rings. The number of rotatable bonds is 9. The Morgan fingerprint density at radius 2 is 1.76 bits per heavy atom. The topological polar surface area (TPSA) is 67.4 Å². The molecule has 5 nitrogen and oxygen atoms in total. The van der Waals surface area contributed by atoms with Crippen molar-refractivity contribution in [2.45, 2.75) is 50.6 Å². The lowest BCUT2D eigenvalue weighted by molar-refractivity contribution is -0.149. The predicted octanol–water partition coefficient (Wildman–Crippen LogP) is 2.36. The summed E-state index contributed by atoms with van der Waals surface area (Å²) in [5, 5.41) is 6.38. The molecule has 1 atom stereocenters. The van der Waals surface area contributed by atoms with Crippen molar-refractivity contribution in [3.63, 3.8) is 0 Å². The lowest BCUT2D eigenvalue weighted by atomic mass is 9.87. The number of esters is 1. The van der Waals surface area contributed by atoms with Crippen LogP contribution in [0.2, 0.25) is 0 Å².